The first-order valence-corrected chi connectivity index (χ1v) is 6.72. The third kappa shape index (κ3) is 4.51. The lowest BCUT2D eigenvalue weighted by Gasteiger charge is -2.22. The summed E-state index contributed by atoms with van der Waals surface area (Å²) in [6, 6.07) is 7.02. The van der Waals surface area contributed by atoms with Gasteiger partial charge < -0.3 is 10.6 Å². The number of benzene rings is 1. The largest absolute Gasteiger partial charge is 0.372 e. The molecule has 1 atom stereocenters. The zero-order chi connectivity index (χ0) is 12.8. The smallest absolute Gasteiger partial charge is 0.0368 e. The van der Waals surface area contributed by atoms with Gasteiger partial charge in [-0.05, 0) is 56.9 Å². The molecule has 3 heteroatoms. The van der Waals surface area contributed by atoms with Gasteiger partial charge in [0.1, 0.15) is 0 Å². The van der Waals surface area contributed by atoms with Gasteiger partial charge in [-0.3, -0.25) is 0 Å². The minimum absolute atomic E-state index is 0. The van der Waals surface area contributed by atoms with Gasteiger partial charge in [0, 0.05) is 24.8 Å². The number of hydrogen-bond donors (Lipinski definition) is 1. The highest BCUT2D eigenvalue weighted by Gasteiger charge is 2.07. The molecule has 1 aromatic carbocycles. The van der Waals surface area contributed by atoms with Crippen LogP contribution in [0, 0.1) is 6.92 Å². The quantitative estimate of drug-likeness (QED) is 0.857. The first kappa shape index (κ1) is 17.3. The molecule has 0 radical (unpaired) electrons. The fourth-order valence-corrected chi connectivity index (χ4v) is 2.12. The highest BCUT2D eigenvalue weighted by Crippen LogP contribution is 2.20. The molecule has 0 saturated heterocycles. The molecular weight excluding hydrogens is 244 g/mol. The molecule has 1 unspecified atom stereocenters. The van der Waals surface area contributed by atoms with Crippen molar-refractivity contribution in [3.8, 4) is 0 Å². The molecule has 0 aliphatic carbocycles. The van der Waals surface area contributed by atoms with E-state index < -0.39 is 0 Å². The van der Waals surface area contributed by atoms with Gasteiger partial charge in [-0.25, -0.2) is 0 Å². The van der Waals surface area contributed by atoms with E-state index in [-0.39, 0.29) is 18.4 Å². The summed E-state index contributed by atoms with van der Waals surface area (Å²) in [5.74, 6) is 0. The molecule has 0 amide bonds. The fourth-order valence-electron chi connectivity index (χ4n) is 2.12. The summed E-state index contributed by atoms with van der Waals surface area (Å²) < 4.78 is 0. The Morgan fingerprint density at radius 2 is 1.78 bits per heavy atom. The summed E-state index contributed by atoms with van der Waals surface area (Å²) in [6.45, 7) is 10.8. The van der Waals surface area contributed by atoms with E-state index in [2.05, 4.69) is 50.8 Å². The van der Waals surface area contributed by atoms with E-state index in [1.165, 1.54) is 16.8 Å². The zero-order valence-corrected chi connectivity index (χ0v) is 12.9. The van der Waals surface area contributed by atoms with Gasteiger partial charge in [0.2, 0.25) is 0 Å². The van der Waals surface area contributed by atoms with Gasteiger partial charge in [-0.1, -0.05) is 13.0 Å². The third-order valence-corrected chi connectivity index (χ3v) is 3.46. The summed E-state index contributed by atoms with van der Waals surface area (Å²) >= 11 is 0. The monoisotopic (exact) mass is 270 g/mol. The van der Waals surface area contributed by atoms with Crippen LogP contribution in [0.15, 0.2) is 18.2 Å². The molecule has 104 valence electrons. The third-order valence-electron chi connectivity index (χ3n) is 3.46. The molecule has 0 bridgehead atoms. The Balaban J connectivity index is 0.00000289. The normalized spacial score (nSPS) is 11.8. The van der Waals surface area contributed by atoms with Crippen LogP contribution in [0.1, 0.15) is 38.3 Å². The predicted octanol–water partition coefficient (Wildman–Crippen LogP) is 3.54. The standard InChI is InChI=1S/C15H26N2.ClH/c1-5-14(16)11-13-8-9-15(10-12(13)4)17(6-2)7-3;/h8-10,14H,5-7,11,16H2,1-4H3;1H. The minimum atomic E-state index is 0. The molecular formula is C15H27ClN2. The molecule has 0 spiro atoms. The van der Waals surface area contributed by atoms with Crippen LogP contribution in [0.4, 0.5) is 5.69 Å². The van der Waals surface area contributed by atoms with Crippen LogP contribution in [0.3, 0.4) is 0 Å². The van der Waals surface area contributed by atoms with Gasteiger partial charge in [0.15, 0.2) is 0 Å². The Morgan fingerprint density at radius 1 is 1.17 bits per heavy atom. The number of nitrogens with two attached hydrogens (primary N) is 1. The second kappa shape index (κ2) is 8.39. The molecule has 0 aliphatic heterocycles. The van der Waals surface area contributed by atoms with Crippen LogP contribution in [-0.4, -0.2) is 19.1 Å². The van der Waals surface area contributed by atoms with E-state index in [1.54, 1.807) is 0 Å². The number of aryl methyl sites for hydroxylation is 1. The van der Waals surface area contributed by atoms with Crippen molar-refractivity contribution in [2.24, 2.45) is 5.73 Å². The summed E-state index contributed by atoms with van der Waals surface area (Å²) in [5, 5.41) is 0. The number of halogens is 1. The van der Waals surface area contributed by atoms with Crippen molar-refractivity contribution in [2.75, 3.05) is 18.0 Å². The Labute approximate surface area is 118 Å². The first-order valence-electron chi connectivity index (χ1n) is 6.72. The predicted molar refractivity (Wildman–Crippen MR) is 84.0 cm³/mol. The summed E-state index contributed by atoms with van der Waals surface area (Å²) in [4.78, 5) is 2.37. The molecule has 0 aromatic heterocycles. The van der Waals surface area contributed by atoms with Crippen molar-refractivity contribution < 1.29 is 0 Å². The summed E-state index contributed by atoms with van der Waals surface area (Å²) in [6.07, 6.45) is 2.03. The number of anilines is 1. The van der Waals surface area contributed by atoms with Crippen molar-refractivity contribution in [3.63, 3.8) is 0 Å². The van der Waals surface area contributed by atoms with Gasteiger partial charge in [-0.15, -0.1) is 12.4 Å². The zero-order valence-electron chi connectivity index (χ0n) is 12.1. The maximum Gasteiger partial charge on any atom is 0.0368 e. The van der Waals surface area contributed by atoms with Crippen LogP contribution in [-0.2, 0) is 6.42 Å². The van der Waals surface area contributed by atoms with Crippen LogP contribution < -0.4 is 10.6 Å². The van der Waals surface area contributed by atoms with Crippen LogP contribution >= 0.6 is 12.4 Å². The topological polar surface area (TPSA) is 29.3 Å². The molecule has 0 fully saturated rings. The Kier molecular flexibility index (Phi) is 8.05. The molecule has 2 N–H and O–H groups in total. The van der Waals surface area contributed by atoms with E-state index >= 15 is 0 Å². The van der Waals surface area contributed by atoms with Gasteiger partial charge in [0.05, 0.1) is 0 Å². The summed E-state index contributed by atoms with van der Waals surface area (Å²) in [5.41, 5.74) is 10.1. The van der Waals surface area contributed by atoms with E-state index in [4.69, 9.17) is 5.73 Å². The van der Waals surface area contributed by atoms with Gasteiger partial charge in [0.25, 0.3) is 0 Å². The van der Waals surface area contributed by atoms with Crippen LogP contribution in [0.2, 0.25) is 0 Å². The number of nitrogens with zero attached hydrogens (tertiary/aromatic N) is 1. The maximum atomic E-state index is 6.01. The molecule has 0 aliphatic rings. The first-order chi connectivity index (χ1) is 8.12. The van der Waals surface area contributed by atoms with Gasteiger partial charge >= 0.3 is 0 Å². The van der Waals surface area contributed by atoms with Crippen molar-refractivity contribution in [3.05, 3.63) is 29.3 Å². The summed E-state index contributed by atoms with van der Waals surface area (Å²) in [7, 11) is 0. The number of hydrogen-bond acceptors (Lipinski definition) is 2. The fraction of sp³-hybridized carbons (Fsp3) is 0.600. The second-order valence-corrected chi connectivity index (χ2v) is 4.66. The SMILES string of the molecule is CCC(N)Cc1ccc(N(CC)CC)cc1C.Cl. The lowest BCUT2D eigenvalue weighted by atomic mass is 9.99. The second-order valence-electron chi connectivity index (χ2n) is 4.66. The van der Waals surface area contributed by atoms with Crippen molar-refractivity contribution in [2.45, 2.75) is 46.6 Å². The lowest BCUT2D eigenvalue weighted by molar-refractivity contribution is 0.644. The Morgan fingerprint density at radius 3 is 2.22 bits per heavy atom. The molecule has 2 nitrogen and oxygen atoms in total. The maximum absolute atomic E-state index is 6.01. The highest BCUT2D eigenvalue weighted by atomic mass is 35.5. The number of rotatable bonds is 6. The molecule has 1 rings (SSSR count). The Bertz CT molecular complexity index is 348. The van der Waals surface area contributed by atoms with E-state index in [1.807, 2.05) is 0 Å². The van der Waals surface area contributed by atoms with Crippen molar-refractivity contribution in [1.82, 2.24) is 0 Å². The average molecular weight is 271 g/mol. The van der Waals surface area contributed by atoms with Crippen molar-refractivity contribution >= 4 is 18.1 Å². The molecule has 0 saturated carbocycles. The molecule has 0 heterocycles. The molecule has 1 aromatic rings. The minimum Gasteiger partial charge on any atom is -0.372 e. The van der Waals surface area contributed by atoms with Crippen LogP contribution in [0.5, 0.6) is 0 Å². The van der Waals surface area contributed by atoms with E-state index in [0.29, 0.717) is 0 Å². The van der Waals surface area contributed by atoms with Crippen molar-refractivity contribution in [1.29, 1.82) is 0 Å². The lowest BCUT2D eigenvalue weighted by Crippen LogP contribution is -2.23. The highest BCUT2D eigenvalue weighted by molar-refractivity contribution is 5.85. The average Bonchev–Trinajstić information content (AvgIpc) is 2.33. The van der Waals surface area contributed by atoms with Gasteiger partial charge in [-0.2, -0.15) is 0 Å². The van der Waals surface area contributed by atoms with E-state index in [9.17, 15) is 0 Å². The Hall–Kier alpha value is -0.730. The molecule has 18 heavy (non-hydrogen) atoms. The van der Waals surface area contributed by atoms with Crippen LogP contribution in [0.25, 0.3) is 0 Å². The van der Waals surface area contributed by atoms with E-state index in [0.717, 1.165) is 25.9 Å².